The van der Waals surface area contributed by atoms with Crippen molar-refractivity contribution in [1.29, 1.82) is 0 Å². The molecule has 1 aromatic carbocycles. The maximum atomic E-state index is 6.13. The summed E-state index contributed by atoms with van der Waals surface area (Å²) in [5.74, 6) is 1.30. The summed E-state index contributed by atoms with van der Waals surface area (Å²) < 4.78 is 0. The van der Waals surface area contributed by atoms with Crippen LogP contribution in [0.25, 0.3) is 0 Å². The lowest BCUT2D eigenvalue weighted by Gasteiger charge is -2.16. The van der Waals surface area contributed by atoms with Crippen molar-refractivity contribution in [2.24, 2.45) is 0 Å². The second kappa shape index (κ2) is 6.23. The molecule has 0 radical (unpaired) electrons. The van der Waals surface area contributed by atoms with E-state index >= 15 is 0 Å². The fraction of sp³-hybridized carbons (Fsp3) is 0.333. The van der Waals surface area contributed by atoms with Crippen LogP contribution in [0.15, 0.2) is 30.6 Å². The Morgan fingerprint density at radius 2 is 1.90 bits per heavy atom. The van der Waals surface area contributed by atoms with E-state index in [1.807, 2.05) is 31.2 Å². The summed E-state index contributed by atoms with van der Waals surface area (Å²) in [7, 11) is 0. The summed E-state index contributed by atoms with van der Waals surface area (Å²) in [4.78, 5) is 8.42. The van der Waals surface area contributed by atoms with Gasteiger partial charge in [-0.1, -0.05) is 25.1 Å². The van der Waals surface area contributed by atoms with Gasteiger partial charge in [0, 0.05) is 11.7 Å². The Bertz CT molecular complexity index is 582. The molecule has 2 aromatic rings. The van der Waals surface area contributed by atoms with Crippen LogP contribution in [0.1, 0.15) is 25.8 Å². The fourth-order valence-corrected chi connectivity index (χ4v) is 1.79. The van der Waals surface area contributed by atoms with Crippen LogP contribution in [0.2, 0.25) is 0 Å². The Balaban J connectivity index is 2.25. The Labute approximate surface area is 119 Å². The highest BCUT2D eigenvalue weighted by atomic mass is 15.1. The molecule has 5 nitrogen and oxygen atoms in total. The summed E-state index contributed by atoms with van der Waals surface area (Å²) in [5.41, 5.74) is 8.81. The first-order valence-electron chi connectivity index (χ1n) is 6.81. The average molecular weight is 271 g/mol. The van der Waals surface area contributed by atoms with Crippen LogP contribution >= 0.6 is 0 Å². The van der Waals surface area contributed by atoms with Crippen molar-refractivity contribution in [1.82, 2.24) is 9.97 Å². The van der Waals surface area contributed by atoms with Gasteiger partial charge in [0.15, 0.2) is 11.6 Å². The van der Waals surface area contributed by atoms with Crippen molar-refractivity contribution < 1.29 is 0 Å². The molecule has 2 rings (SSSR count). The number of aryl methyl sites for hydroxylation is 1. The highest BCUT2D eigenvalue weighted by molar-refractivity contribution is 5.78. The van der Waals surface area contributed by atoms with Gasteiger partial charge in [0.05, 0.1) is 0 Å². The van der Waals surface area contributed by atoms with Crippen LogP contribution in [-0.4, -0.2) is 16.0 Å². The van der Waals surface area contributed by atoms with Gasteiger partial charge in [-0.2, -0.15) is 0 Å². The number of rotatable bonds is 5. The average Bonchev–Trinajstić information content (AvgIpc) is 2.45. The Hall–Kier alpha value is -2.30. The van der Waals surface area contributed by atoms with Crippen LogP contribution in [0.5, 0.6) is 0 Å². The lowest BCUT2D eigenvalue weighted by Crippen LogP contribution is -2.16. The van der Waals surface area contributed by atoms with Gasteiger partial charge in [-0.25, -0.2) is 9.97 Å². The van der Waals surface area contributed by atoms with Crippen molar-refractivity contribution in [2.75, 3.05) is 16.4 Å². The molecule has 106 valence electrons. The lowest BCUT2D eigenvalue weighted by atomic mass is 10.2. The lowest BCUT2D eigenvalue weighted by molar-refractivity contribution is 0.759. The standard InChI is InChI=1S/C15H21N5/c1-4-11(3)19-14-13(16)15(18-9-17-14)20-12-8-6-5-7-10(12)2/h5-9,11H,4,16H2,1-3H3,(H2,17,18,19,20). The smallest absolute Gasteiger partial charge is 0.159 e. The van der Waals surface area contributed by atoms with Crippen molar-refractivity contribution in [3.63, 3.8) is 0 Å². The van der Waals surface area contributed by atoms with Crippen LogP contribution in [0, 0.1) is 6.92 Å². The first-order valence-corrected chi connectivity index (χ1v) is 6.81. The van der Waals surface area contributed by atoms with Gasteiger partial charge in [0.25, 0.3) is 0 Å². The second-order valence-electron chi connectivity index (χ2n) is 4.88. The fourth-order valence-electron chi connectivity index (χ4n) is 1.79. The second-order valence-corrected chi connectivity index (χ2v) is 4.88. The highest BCUT2D eigenvalue weighted by Crippen LogP contribution is 2.27. The van der Waals surface area contributed by atoms with Gasteiger partial charge >= 0.3 is 0 Å². The molecule has 1 aromatic heterocycles. The molecule has 0 spiro atoms. The number of hydrogen-bond donors (Lipinski definition) is 3. The van der Waals surface area contributed by atoms with Crippen molar-refractivity contribution in [3.05, 3.63) is 36.2 Å². The van der Waals surface area contributed by atoms with Crippen LogP contribution in [0.4, 0.5) is 23.0 Å². The third kappa shape index (κ3) is 3.17. The number of benzene rings is 1. The number of anilines is 4. The molecule has 1 unspecified atom stereocenters. The summed E-state index contributed by atoms with van der Waals surface area (Å²) in [6.07, 6.45) is 2.52. The van der Waals surface area contributed by atoms with Crippen molar-refractivity contribution >= 4 is 23.0 Å². The number of hydrogen-bond acceptors (Lipinski definition) is 5. The minimum Gasteiger partial charge on any atom is -0.393 e. The molecule has 0 saturated heterocycles. The largest absolute Gasteiger partial charge is 0.393 e. The Morgan fingerprint density at radius 3 is 2.60 bits per heavy atom. The zero-order valence-corrected chi connectivity index (χ0v) is 12.1. The van der Waals surface area contributed by atoms with Crippen molar-refractivity contribution in [3.8, 4) is 0 Å². The van der Waals surface area contributed by atoms with E-state index in [4.69, 9.17) is 5.73 Å². The summed E-state index contributed by atoms with van der Waals surface area (Å²) >= 11 is 0. The van der Waals surface area contributed by atoms with Gasteiger partial charge in [-0.05, 0) is 31.9 Å². The van der Waals surface area contributed by atoms with Gasteiger partial charge in [-0.15, -0.1) is 0 Å². The van der Waals surface area contributed by atoms with E-state index < -0.39 is 0 Å². The SMILES string of the molecule is CCC(C)Nc1ncnc(Nc2ccccc2C)c1N. The maximum absolute atomic E-state index is 6.13. The molecule has 5 heteroatoms. The third-order valence-corrected chi connectivity index (χ3v) is 3.28. The molecular formula is C15H21N5. The molecule has 0 aliphatic heterocycles. The highest BCUT2D eigenvalue weighted by Gasteiger charge is 2.10. The number of nitrogen functional groups attached to an aromatic ring is 1. The van der Waals surface area contributed by atoms with Crippen LogP contribution < -0.4 is 16.4 Å². The molecule has 20 heavy (non-hydrogen) atoms. The number of para-hydroxylation sites is 1. The predicted molar refractivity (Wildman–Crippen MR) is 84.3 cm³/mol. The topological polar surface area (TPSA) is 75.9 Å². The van der Waals surface area contributed by atoms with Crippen LogP contribution in [-0.2, 0) is 0 Å². The minimum atomic E-state index is 0.318. The first kappa shape index (κ1) is 14.1. The summed E-state index contributed by atoms with van der Waals surface area (Å²) in [6, 6.07) is 8.33. The minimum absolute atomic E-state index is 0.318. The van der Waals surface area contributed by atoms with Crippen molar-refractivity contribution in [2.45, 2.75) is 33.2 Å². The predicted octanol–water partition coefficient (Wildman–Crippen LogP) is 3.32. The van der Waals surface area contributed by atoms with Gasteiger partial charge < -0.3 is 16.4 Å². The normalized spacial score (nSPS) is 11.9. The Morgan fingerprint density at radius 1 is 1.20 bits per heavy atom. The molecule has 0 aliphatic rings. The van der Waals surface area contributed by atoms with E-state index in [0.29, 0.717) is 23.4 Å². The van der Waals surface area contributed by atoms with E-state index in [2.05, 4.69) is 34.4 Å². The van der Waals surface area contributed by atoms with Gasteiger partial charge in [-0.3, -0.25) is 0 Å². The molecule has 1 heterocycles. The first-order chi connectivity index (χ1) is 9.61. The molecule has 0 fully saturated rings. The van der Waals surface area contributed by atoms with E-state index in [1.165, 1.54) is 6.33 Å². The summed E-state index contributed by atoms with van der Waals surface area (Å²) in [6.45, 7) is 6.25. The zero-order valence-electron chi connectivity index (χ0n) is 12.1. The number of aromatic nitrogens is 2. The molecule has 0 aliphatic carbocycles. The zero-order chi connectivity index (χ0) is 14.5. The van der Waals surface area contributed by atoms with Gasteiger partial charge in [0.1, 0.15) is 12.0 Å². The Kier molecular flexibility index (Phi) is 4.40. The van der Waals surface area contributed by atoms with E-state index in [9.17, 15) is 0 Å². The number of nitrogens with two attached hydrogens (primary N) is 1. The number of nitrogens with zero attached hydrogens (tertiary/aromatic N) is 2. The van der Waals surface area contributed by atoms with E-state index in [-0.39, 0.29) is 0 Å². The molecular weight excluding hydrogens is 250 g/mol. The monoisotopic (exact) mass is 271 g/mol. The van der Waals surface area contributed by atoms with E-state index in [1.54, 1.807) is 0 Å². The van der Waals surface area contributed by atoms with Gasteiger partial charge in [0.2, 0.25) is 0 Å². The quantitative estimate of drug-likeness (QED) is 0.777. The molecule has 0 amide bonds. The molecule has 4 N–H and O–H groups in total. The number of nitrogens with one attached hydrogen (secondary N) is 2. The molecule has 0 bridgehead atoms. The molecule has 1 atom stereocenters. The summed E-state index contributed by atoms with van der Waals surface area (Å²) in [5, 5.41) is 6.54. The third-order valence-electron chi connectivity index (χ3n) is 3.28. The van der Waals surface area contributed by atoms with Crippen LogP contribution in [0.3, 0.4) is 0 Å². The maximum Gasteiger partial charge on any atom is 0.159 e. The molecule has 0 saturated carbocycles. The van der Waals surface area contributed by atoms with E-state index in [0.717, 1.165) is 17.7 Å².